The minimum Gasteiger partial charge on any atom is -0.465 e. The zero-order chi connectivity index (χ0) is 24.8. The molecule has 4 rings (SSSR count). The third kappa shape index (κ3) is 4.91. The smallest absolute Gasteiger partial charge is 0.355 e. The molecule has 0 aliphatic heterocycles. The lowest BCUT2D eigenvalue weighted by atomic mass is 10.0. The second kappa shape index (κ2) is 10.4. The summed E-state index contributed by atoms with van der Waals surface area (Å²) in [6, 6.07) is 24.5. The van der Waals surface area contributed by atoms with Gasteiger partial charge in [-0.2, -0.15) is 0 Å². The number of esters is 2. The lowest BCUT2D eigenvalue weighted by molar-refractivity contribution is -0.138. The molecule has 8 nitrogen and oxygen atoms in total. The number of para-hydroxylation sites is 2. The summed E-state index contributed by atoms with van der Waals surface area (Å²) >= 11 is 0. The van der Waals surface area contributed by atoms with E-state index in [0.717, 1.165) is 7.11 Å². The molecule has 0 atom stereocenters. The maximum absolute atomic E-state index is 13.1. The Morgan fingerprint density at radius 2 is 1.23 bits per heavy atom. The first-order chi connectivity index (χ1) is 17.0. The first-order valence-corrected chi connectivity index (χ1v) is 10.6. The molecule has 3 aromatic carbocycles. The van der Waals surface area contributed by atoms with Crippen LogP contribution in [-0.4, -0.2) is 42.0 Å². The minimum atomic E-state index is -0.941. The third-order valence-electron chi connectivity index (χ3n) is 5.16. The van der Waals surface area contributed by atoms with Gasteiger partial charge in [-0.05, 0) is 24.3 Å². The Hall–Kier alpha value is -4.85. The molecular weight excluding hydrogens is 446 g/mol. The Morgan fingerprint density at radius 1 is 0.686 bits per heavy atom. The monoisotopic (exact) mass is 467 g/mol. The SMILES string of the molecule is COC(=O)/C(NC(=O)c1ccccc1)=C(\C(=O)OC)c1nc2ccccc2nc1-c1ccccc1. The molecule has 174 valence electrons. The van der Waals surface area contributed by atoms with Gasteiger partial charge in [0.25, 0.3) is 5.91 Å². The fraction of sp³-hybridized carbons (Fsp3) is 0.0741. The number of rotatable bonds is 6. The van der Waals surface area contributed by atoms with Crippen LogP contribution in [0, 0.1) is 0 Å². The van der Waals surface area contributed by atoms with Crippen molar-refractivity contribution >= 4 is 34.5 Å². The maximum Gasteiger partial charge on any atom is 0.355 e. The van der Waals surface area contributed by atoms with Gasteiger partial charge >= 0.3 is 11.9 Å². The summed E-state index contributed by atoms with van der Waals surface area (Å²) < 4.78 is 9.92. The molecule has 1 heterocycles. The number of carbonyl (C=O) groups excluding carboxylic acids is 3. The number of carbonyl (C=O) groups is 3. The Labute approximate surface area is 201 Å². The average molecular weight is 467 g/mol. The Morgan fingerprint density at radius 3 is 1.83 bits per heavy atom. The molecular formula is C27H21N3O5. The molecule has 0 fully saturated rings. The first kappa shape index (κ1) is 23.3. The van der Waals surface area contributed by atoms with E-state index in [1.165, 1.54) is 7.11 Å². The summed E-state index contributed by atoms with van der Waals surface area (Å²) in [5, 5.41) is 2.52. The van der Waals surface area contributed by atoms with Crippen molar-refractivity contribution in [2.24, 2.45) is 0 Å². The summed E-state index contributed by atoms with van der Waals surface area (Å²) in [6.45, 7) is 0. The van der Waals surface area contributed by atoms with Gasteiger partial charge in [0, 0.05) is 11.1 Å². The van der Waals surface area contributed by atoms with Crippen molar-refractivity contribution in [2.75, 3.05) is 14.2 Å². The Kier molecular flexibility index (Phi) is 6.92. The fourth-order valence-electron chi connectivity index (χ4n) is 3.48. The molecule has 0 bridgehead atoms. The predicted octanol–water partition coefficient (Wildman–Crippen LogP) is 3.78. The van der Waals surface area contributed by atoms with Crippen molar-refractivity contribution in [3.63, 3.8) is 0 Å². The molecule has 0 spiro atoms. The number of hydrogen-bond donors (Lipinski definition) is 1. The predicted molar refractivity (Wildman–Crippen MR) is 130 cm³/mol. The highest BCUT2D eigenvalue weighted by molar-refractivity contribution is 6.24. The van der Waals surface area contributed by atoms with Gasteiger partial charge in [-0.1, -0.05) is 60.7 Å². The number of benzene rings is 3. The lowest BCUT2D eigenvalue weighted by Crippen LogP contribution is -2.31. The van der Waals surface area contributed by atoms with Gasteiger partial charge in [-0.15, -0.1) is 0 Å². The molecule has 1 N–H and O–H groups in total. The average Bonchev–Trinajstić information content (AvgIpc) is 2.92. The van der Waals surface area contributed by atoms with E-state index in [-0.39, 0.29) is 16.8 Å². The highest BCUT2D eigenvalue weighted by Crippen LogP contribution is 2.30. The van der Waals surface area contributed by atoms with Crippen molar-refractivity contribution in [3.8, 4) is 11.3 Å². The minimum absolute atomic E-state index is 0.0653. The van der Waals surface area contributed by atoms with Crippen LogP contribution in [0.1, 0.15) is 16.1 Å². The summed E-state index contributed by atoms with van der Waals surface area (Å²) in [6.07, 6.45) is 0. The van der Waals surface area contributed by atoms with E-state index >= 15 is 0 Å². The molecule has 0 saturated carbocycles. The summed E-state index contributed by atoms with van der Waals surface area (Å²) in [5.41, 5.74) is 1.73. The highest BCUT2D eigenvalue weighted by atomic mass is 16.5. The topological polar surface area (TPSA) is 107 Å². The number of nitrogens with zero attached hydrogens (tertiary/aromatic N) is 2. The van der Waals surface area contributed by atoms with Gasteiger partial charge in [0.2, 0.25) is 0 Å². The molecule has 0 radical (unpaired) electrons. The van der Waals surface area contributed by atoms with Crippen LogP contribution in [0.15, 0.2) is 90.6 Å². The van der Waals surface area contributed by atoms with Crippen LogP contribution in [0.4, 0.5) is 0 Å². The van der Waals surface area contributed by atoms with Crippen LogP contribution in [0.5, 0.6) is 0 Å². The number of nitrogens with one attached hydrogen (secondary N) is 1. The number of methoxy groups -OCH3 is 2. The van der Waals surface area contributed by atoms with Gasteiger partial charge in [-0.3, -0.25) is 4.79 Å². The van der Waals surface area contributed by atoms with Crippen LogP contribution in [0.3, 0.4) is 0 Å². The first-order valence-electron chi connectivity index (χ1n) is 10.6. The number of ether oxygens (including phenoxy) is 2. The normalized spacial score (nSPS) is 11.4. The second-order valence-electron chi connectivity index (χ2n) is 7.33. The van der Waals surface area contributed by atoms with Crippen LogP contribution in [0.25, 0.3) is 27.9 Å². The van der Waals surface area contributed by atoms with Crippen molar-refractivity contribution in [1.29, 1.82) is 0 Å². The Bertz CT molecular complexity index is 1430. The van der Waals surface area contributed by atoms with Crippen LogP contribution in [-0.2, 0) is 19.1 Å². The van der Waals surface area contributed by atoms with Crippen molar-refractivity contribution in [1.82, 2.24) is 15.3 Å². The van der Waals surface area contributed by atoms with Gasteiger partial charge in [0.05, 0.1) is 30.9 Å². The zero-order valence-electron chi connectivity index (χ0n) is 19.0. The van der Waals surface area contributed by atoms with Crippen LogP contribution < -0.4 is 5.32 Å². The van der Waals surface area contributed by atoms with E-state index in [2.05, 4.69) is 10.3 Å². The summed E-state index contributed by atoms with van der Waals surface area (Å²) in [4.78, 5) is 48.3. The maximum atomic E-state index is 13.1. The summed E-state index contributed by atoms with van der Waals surface area (Å²) in [5.74, 6) is -2.44. The molecule has 0 aliphatic carbocycles. The van der Waals surface area contributed by atoms with Crippen LogP contribution in [0.2, 0.25) is 0 Å². The highest BCUT2D eigenvalue weighted by Gasteiger charge is 2.30. The van der Waals surface area contributed by atoms with Crippen molar-refractivity contribution in [2.45, 2.75) is 0 Å². The molecule has 0 aliphatic rings. The lowest BCUT2D eigenvalue weighted by Gasteiger charge is -2.16. The van der Waals surface area contributed by atoms with Gasteiger partial charge in [0.1, 0.15) is 17.0 Å². The largest absolute Gasteiger partial charge is 0.465 e. The van der Waals surface area contributed by atoms with E-state index in [1.807, 2.05) is 24.3 Å². The number of hydrogen-bond acceptors (Lipinski definition) is 7. The molecule has 0 saturated heterocycles. The fourth-order valence-corrected chi connectivity index (χ4v) is 3.48. The van der Waals surface area contributed by atoms with E-state index in [9.17, 15) is 14.4 Å². The number of aromatic nitrogens is 2. The molecule has 0 unspecified atom stereocenters. The standard InChI is InChI=1S/C27H21N3O5/c1-34-26(32)21(24(27(33)35-2)30-25(31)18-13-7-4-8-14-18)23-22(17-11-5-3-6-12-17)28-19-15-9-10-16-20(19)29-23/h3-16H,1-2H3,(H,30,31)/b24-21+. The summed E-state index contributed by atoms with van der Waals surface area (Å²) in [7, 11) is 2.32. The molecule has 35 heavy (non-hydrogen) atoms. The van der Waals surface area contributed by atoms with Gasteiger partial charge < -0.3 is 14.8 Å². The quantitative estimate of drug-likeness (QED) is 0.340. The zero-order valence-corrected chi connectivity index (χ0v) is 19.0. The van der Waals surface area contributed by atoms with Crippen LogP contribution >= 0.6 is 0 Å². The second-order valence-corrected chi connectivity index (χ2v) is 7.33. The number of amides is 1. The molecule has 1 aromatic heterocycles. The molecule has 4 aromatic rings. The van der Waals surface area contributed by atoms with Crippen molar-refractivity contribution in [3.05, 3.63) is 102 Å². The third-order valence-corrected chi connectivity index (χ3v) is 5.16. The Balaban J connectivity index is 2.02. The van der Waals surface area contributed by atoms with Crippen molar-refractivity contribution < 1.29 is 23.9 Å². The van der Waals surface area contributed by atoms with E-state index in [4.69, 9.17) is 14.5 Å². The molecule has 8 heteroatoms. The van der Waals surface area contributed by atoms with E-state index in [0.29, 0.717) is 22.3 Å². The van der Waals surface area contributed by atoms with Gasteiger partial charge in [-0.25, -0.2) is 19.6 Å². The van der Waals surface area contributed by atoms with E-state index < -0.39 is 23.5 Å². The number of fused-ring (bicyclic) bond motifs is 1. The van der Waals surface area contributed by atoms with Gasteiger partial charge in [0.15, 0.2) is 0 Å². The van der Waals surface area contributed by atoms with E-state index in [1.54, 1.807) is 60.7 Å². The molecule has 1 amide bonds.